The molecular weight excluding hydrogens is 697 g/mol. The minimum absolute atomic E-state index is 0.0760. The molecule has 0 saturated carbocycles. The Kier molecular flexibility index (Phi) is 43.4. The van der Waals surface area contributed by atoms with Crippen LogP contribution in [0.15, 0.2) is 36.5 Å². The van der Waals surface area contributed by atoms with Gasteiger partial charge in [-0.15, -0.1) is 0 Å². The van der Waals surface area contributed by atoms with Crippen LogP contribution in [0.25, 0.3) is 0 Å². The van der Waals surface area contributed by atoms with E-state index < -0.39 is 6.10 Å². The Morgan fingerprint density at radius 3 is 1.09 bits per heavy atom. The van der Waals surface area contributed by atoms with Gasteiger partial charge >= 0.3 is 17.9 Å². The van der Waals surface area contributed by atoms with E-state index in [2.05, 4.69) is 57.2 Å². The third-order valence-electron chi connectivity index (χ3n) is 10.4. The molecule has 0 aliphatic carbocycles. The average Bonchev–Trinajstić information content (AvgIpc) is 3.19. The largest absolute Gasteiger partial charge is 0.462 e. The number of ether oxygens (including phenoxy) is 3. The van der Waals surface area contributed by atoms with E-state index in [9.17, 15) is 14.4 Å². The zero-order valence-corrected chi connectivity index (χ0v) is 37.2. The highest BCUT2D eigenvalue weighted by molar-refractivity contribution is 5.71. The van der Waals surface area contributed by atoms with Crippen LogP contribution in [0.3, 0.4) is 0 Å². The Hall–Kier alpha value is -2.37. The minimum Gasteiger partial charge on any atom is -0.462 e. The second-order valence-electron chi connectivity index (χ2n) is 16.0. The molecule has 0 N–H and O–H groups in total. The smallest absolute Gasteiger partial charge is 0.306 e. The first-order valence-corrected chi connectivity index (χ1v) is 24.0. The van der Waals surface area contributed by atoms with Gasteiger partial charge in [-0.2, -0.15) is 0 Å². The summed E-state index contributed by atoms with van der Waals surface area (Å²) in [4.78, 5) is 37.7. The molecule has 0 rings (SSSR count). The van der Waals surface area contributed by atoms with E-state index in [-0.39, 0.29) is 31.1 Å². The van der Waals surface area contributed by atoms with E-state index in [1.165, 1.54) is 109 Å². The standard InChI is InChI=1S/C50H90O6/c1-4-7-10-13-16-18-20-22-24-26-27-29-31-34-37-40-43-49(52)55-46-47(45-54-48(51)42-39-36-33-15-12-9-6-3)56-50(53)44-41-38-35-32-30-28-25-23-21-19-17-14-11-8-5-2/h8,11,17,19,23,25,47H,4-7,9-10,12-16,18,20-22,24,26-46H2,1-3H3/b11-8-,19-17-,25-23-. The van der Waals surface area contributed by atoms with E-state index in [1.807, 2.05) is 0 Å². The van der Waals surface area contributed by atoms with Crippen LogP contribution in [0.2, 0.25) is 0 Å². The fourth-order valence-electron chi connectivity index (χ4n) is 6.81. The number of hydrogen-bond donors (Lipinski definition) is 0. The van der Waals surface area contributed by atoms with Gasteiger partial charge in [-0.05, 0) is 51.4 Å². The lowest BCUT2D eigenvalue weighted by molar-refractivity contribution is -0.167. The molecule has 0 heterocycles. The molecule has 0 aromatic carbocycles. The van der Waals surface area contributed by atoms with E-state index >= 15 is 0 Å². The van der Waals surface area contributed by atoms with Crippen LogP contribution < -0.4 is 0 Å². The molecule has 1 atom stereocenters. The molecule has 0 radical (unpaired) electrons. The number of esters is 3. The molecule has 0 spiro atoms. The molecule has 0 aliphatic rings. The number of carbonyl (C=O) groups is 3. The van der Waals surface area contributed by atoms with Crippen molar-refractivity contribution >= 4 is 17.9 Å². The van der Waals surface area contributed by atoms with E-state index in [0.717, 1.165) is 96.3 Å². The van der Waals surface area contributed by atoms with Crippen molar-refractivity contribution in [3.63, 3.8) is 0 Å². The normalized spacial score (nSPS) is 12.3. The second-order valence-corrected chi connectivity index (χ2v) is 16.0. The van der Waals surface area contributed by atoms with Gasteiger partial charge in [-0.3, -0.25) is 14.4 Å². The van der Waals surface area contributed by atoms with Crippen LogP contribution in [0.4, 0.5) is 0 Å². The first-order valence-electron chi connectivity index (χ1n) is 24.0. The van der Waals surface area contributed by atoms with Gasteiger partial charge in [0, 0.05) is 19.3 Å². The van der Waals surface area contributed by atoms with Crippen molar-refractivity contribution in [2.75, 3.05) is 13.2 Å². The molecule has 0 aromatic heterocycles. The molecule has 1 unspecified atom stereocenters. The Balaban J connectivity index is 4.28. The molecule has 6 nitrogen and oxygen atoms in total. The van der Waals surface area contributed by atoms with E-state index in [1.54, 1.807) is 0 Å². The predicted octanol–water partition coefficient (Wildman–Crippen LogP) is 15.4. The van der Waals surface area contributed by atoms with Gasteiger partial charge in [0.25, 0.3) is 0 Å². The summed E-state index contributed by atoms with van der Waals surface area (Å²) in [6.45, 7) is 6.48. The van der Waals surface area contributed by atoms with Crippen molar-refractivity contribution in [2.45, 2.75) is 252 Å². The molecule has 0 saturated heterocycles. The third kappa shape index (κ3) is 42.8. The van der Waals surface area contributed by atoms with Gasteiger partial charge in [0.05, 0.1) is 0 Å². The Labute approximate surface area is 346 Å². The maximum atomic E-state index is 12.7. The second kappa shape index (κ2) is 45.3. The van der Waals surface area contributed by atoms with E-state index in [0.29, 0.717) is 19.3 Å². The lowest BCUT2D eigenvalue weighted by Gasteiger charge is -2.18. The molecule has 0 aromatic rings. The maximum absolute atomic E-state index is 12.7. The summed E-state index contributed by atoms with van der Waals surface area (Å²) in [5.41, 5.74) is 0. The molecule has 0 bridgehead atoms. The van der Waals surface area contributed by atoms with Crippen LogP contribution >= 0.6 is 0 Å². The van der Waals surface area contributed by atoms with Gasteiger partial charge in [0.15, 0.2) is 6.10 Å². The lowest BCUT2D eigenvalue weighted by atomic mass is 10.0. The summed E-state index contributed by atoms with van der Waals surface area (Å²) >= 11 is 0. The lowest BCUT2D eigenvalue weighted by Crippen LogP contribution is -2.30. The van der Waals surface area contributed by atoms with Crippen LogP contribution in [0, 0.1) is 0 Å². The summed E-state index contributed by atoms with van der Waals surface area (Å²) in [6.07, 6.45) is 51.4. The van der Waals surface area contributed by atoms with Crippen LogP contribution in [0.1, 0.15) is 245 Å². The van der Waals surface area contributed by atoms with Gasteiger partial charge in [0.2, 0.25) is 0 Å². The zero-order chi connectivity index (χ0) is 40.8. The van der Waals surface area contributed by atoms with Gasteiger partial charge in [-0.1, -0.05) is 211 Å². The number of hydrogen-bond acceptors (Lipinski definition) is 6. The van der Waals surface area contributed by atoms with Crippen LogP contribution in [-0.4, -0.2) is 37.2 Å². The molecule has 0 fully saturated rings. The van der Waals surface area contributed by atoms with Crippen LogP contribution in [-0.2, 0) is 28.6 Å². The molecule has 0 amide bonds. The summed E-state index contributed by atoms with van der Waals surface area (Å²) in [7, 11) is 0. The Morgan fingerprint density at radius 2 is 0.696 bits per heavy atom. The zero-order valence-electron chi connectivity index (χ0n) is 37.2. The molecule has 0 aliphatic heterocycles. The summed E-state index contributed by atoms with van der Waals surface area (Å²) in [5, 5.41) is 0. The highest BCUT2D eigenvalue weighted by Crippen LogP contribution is 2.15. The molecule has 56 heavy (non-hydrogen) atoms. The van der Waals surface area contributed by atoms with Crippen molar-refractivity contribution in [2.24, 2.45) is 0 Å². The van der Waals surface area contributed by atoms with Crippen molar-refractivity contribution in [3.05, 3.63) is 36.5 Å². The SMILES string of the molecule is CC/C=C\C/C=C\C/C=C\CCCCCCCC(=O)OC(COC(=O)CCCCCCCCC)COC(=O)CCCCCCCCCCCCCCCCCC. The predicted molar refractivity (Wildman–Crippen MR) is 238 cm³/mol. The highest BCUT2D eigenvalue weighted by atomic mass is 16.6. The topological polar surface area (TPSA) is 78.9 Å². The minimum atomic E-state index is -0.773. The molecule has 326 valence electrons. The fourth-order valence-corrected chi connectivity index (χ4v) is 6.81. The van der Waals surface area contributed by atoms with Crippen molar-refractivity contribution in [1.82, 2.24) is 0 Å². The summed E-state index contributed by atoms with van der Waals surface area (Å²) < 4.78 is 16.7. The first kappa shape index (κ1) is 53.6. The fraction of sp³-hybridized carbons (Fsp3) is 0.820. The summed E-state index contributed by atoms with van der Waals surface area (Å²) in [6, 6.07) is 0. The number of allylic oxidation sites excluding steroid dienone is 6. The van der Waals surface area contributed by atoms with Gasteiger partial charge in [-0.25, -0.2) is 0 Å². The van der Waals surface area contributed by atoms with Crippen molar-refractivity contribution in [3.8, 4) is 0 Å². The highest BCUT2D eigenvalue weighted by Gasteiger charge is 2.19. The van der Waals surface area contributed by atoms with Gasteiger partial charge < -0.3 is 14.2 Å². The van der Waals surface area contributed by atoms with E-state index in [4.69, 9.17) is 14.2 Å². The van der Waals surface area contributed by atoms with Crippen molar-refractivity contribution in [1.29, 1.82) is 0 Å². The monoisotopic (exact) mass is 787 g/mol. The Morgan fingerprint density at radius 1 is 0.375 bits per heavy atom. The maximum Gasteiger partial charge on any atom is 0.306 e. The van der Waals surface area contributed by atoms with Crippen LogP contribution in [0.5, 0.6) is 0 Å². The first-order chi connectivity index (χ1) is 27.5. The Bertz CT molecular complexity index is 953. The number of carbonyl (C=O) groups excluding carboxylic acids is 3. The third-order valence-corrected chi connectivity index (χ3v) is 10.4. The molecule has 6 heteroatoms. The quantitative estimate of drug-likeness (QED) is 0.0265. The number of unbranched alkanes of at least 4 members (excludes halogenated alkanes) is 26. The molecular formula is C50H90O6. The number of rotatable bonds is 43. The van der Waals surface area contributed by atoms with Crippen molar-refractivity contribution < 1.29 is 28.6 Å². The van der Waals surface area contributed by atoms with Gasteiger partial charge in [0.1, 0.15) is 13.2 Å². The average molecular weight is 787 g/mol. The summed E-state index contributed by atoms with van der Waals surface area (Å²) in [5.74, 6) is -0.893.